The molecule has 1 aromatic carbocycles. The second-order valence-electron chi connectivity index (χ2n) is 6.49. The fourth-order valence-electron chi connectivity index (χ4n) is 2.95. The topological polar surface area (TPSA) is 56.1 Å². The predicted molar refractivity (Wildman–Crippen MR) is 97.4 cm³/mol. The number of unbranched alkanes of at least 4 members (excludes halogenated alkanes) is 1. The highest BCUT2D eigenvalue weighted by Gasteiger charge is 2.18. The number of hydrogen-bond acceptors (Lipinski definition) is 3. The van der Waals surface area contributed by atoms with Crippen LogP contribution in [0.2, 0.25) is 0 Å². The van der Waals surface area contributed by atoms with E-state index in [1.807, 2.05) is 30.3 Å². The lowest BCUT2D eigenvalue weighted by atomic mass is 10.0. The second kappa shape index (κ2) is 9.12. The van der Waals surface area contributed by atoms with E-state index in [0.29, 0.717) is 6.04 Å². The zero-order valence-electron chi connectivity index (χ0n) is 14.7. The standard InChI is InChI=1S/C20H27N3O/c1-3-4-8-17-9-11-19(12-10-17)22-20(24)18(14-21)15-23-13-6-5-7-16(23)2/h9-12,15-16H,3-8,13H2,1-2H3,(H,22,24)/b18-15-. The van der Waals surface area contributed by atoms with Gasteiger partial charge in [-0.15, -0.1) is 0 Å². The number of nitriles is 1. The fourth-order valence-corrected chi connectivity index (χ4v) is 2.95. The van der Waals surface area contributed by atoms with Gasteiger partial charge in [0.2, 0.25) is 0 Å². The molecule has 1 unspecified atom stereocenters. The summed E-state index contributed by atoms with van der Waals surface area (Å²) in [5, 5.41) is 12.2. The van der Waals surface area contributed by atoms with E-state index in [9.17, 15) is 10.1 Å². The first-order chi connectivity index (χ1) is 11.6. The number of aryl methyl sites for hydroxylation is 1. The molecular formula is C20H27N3O. The van der Waals surface area contributed by atoms with Crippen LogP contribution in [0.3, 0.4) is 0 Å². The molecule has 1 atom stereocenters. The summed E-state index contributed by atoms with van der Waals surface area (Å²) in [6.07, 6.45) is 8.54. The van der Waals surface area contributed by atoms with Gasteiger partial charge in [0.15, 0.2) is 0 Å². The number of anilines is 1. The van der Waals surface area contributed by atoms with Gasteiger partial charge >= 0.3 is 0 Å². The van der Waals surface area contributed by atoms with E-state index in [0.717, 1.165) is 31.5 Å². The minimum absolute atomic E-state index is 0.166. The number of hydrogen-bond donors (Lipinski definition) is 1. The van der Waals surface area contributed by atoms with E-state index in [1.165, 1.54) is 24.8 Å². The maximum absolute atomic E-state index is 12.4. The van der Waals surface area contributed by atoms with Crippen LogP contribution >= 0.6 is 0 Å². The summed E-state index contributed by atoms with van der Waals surface area (Å²) in [7, 11) is 0. The lowest BCUT2D eigenvalue weighted by Gasteiger charge is -2.32. The lowest BCUT2D eigenvalue weighted by Crippen LogP contribution is -2.34. The van der Waals surface area contributed by atoms with Crippen LogP contribution in [0, 0.1) is 11.3 Å². The lowest BCUT2D eigenvalue weighted by molar-refractivity contribution is -0.112. The molecule has 1 saturated heterocycles. The van der Waals surface area contributed by atoms with Crippen LogP contribution in [0.4, 0.5) is 5.69 Å². The first-order valence-corrected chi connectivity index (χ1v) is 8.92. The molecule has 4 heteroatoms. The molecule has 1 aliphatic heterocycles. The van der Waals surface area contributed by atoms with Crippen molar-refractivity contribution in [1.29, 1.82) is 5.26 Å². The first kappa shape index (κ1) is 18.1. The van der Waals surface area contributed by atoms with Crippen molar-refractivity contribution < 1.29 is 4.79 Å². The van der Waals surface area contributed by atoms with Crippen molar-refractivity contribution in [2.75, 3.05) is 11.9 Å². The van der Waals surface area contributed by atoms with Gasteiger partial charge in [-0.2, -0.15) is 5.26 Å². The summed E-state index contributed by atoms with van der Waals surface area (Å²) in [6.45, 7) is 5.22. The summed E-state index contributed by atoms with van der Waals surface area (Å²) in [5.41, 5.74) is 2.17. The molecule has 1 fully saturated rings. The van der Waals surface area contributed by atoms with Gasteiger partial charge in [0.05, 0.1) is 0 Å². The molecule has 0 saturated carbocycles. The molecule has 128 valence electrons. The average molecular weight is 325 g/mol. The number of likely N-dealkylation sites (tertiary alicyclic amines) is 1. The highest BCUT2D eigenvalue weighted by atomic mass is 16.1. The number of piperidine rings is 1. The molecule has 1 aromatic rings. The van der Waals surface area contributed by atoms with Gasteiger partial charge in [0, 0.05) is 24.5 Å². The number of carbonyl (C=O) groups is 1. The Morgan fingerprint density at radius 1 is 1.38 bits per heavy atom. The van der Waals surface area contributed by atoms with E-state index in [-0.39, 0.29) is 11.5 Å². The molecule has 0 spiro atoms. The van der Waals surface area contributed by atoms with Gasteiger partial charge in [-0.25, -0.2) is 0 Å². The number of nitrogens with zero attached hydrogens (tertiary/aromatic N) is 2. The fraction of sp³-hybridized carbons (Fsp3) is 0.500. The third-order valence-corrected chi connectivity index (χ3v) is 4.55. The Morgan fingerprint density at radius 3 is 2.75 bits per heavy atom. The van der Waals surface area contributed by atoms with E-state index < -0.39 is 0 Å². The third kappa shape index (κ3) is 5.13. The molecule has 2 rings (SSSR count). The van der Waals surface area contributed by atoms with Gasteiger partial charge in [-0.05, 0) is 56.7 Å². The Labute approximate surface area is 145 Å². The number of nitrogens with one attached hydrogen (secondary N) is 1. The Bertz CT molecular complexity index is 613. The monoisotopic (exact) mass is 325 g/mol. The highest BCUT2D eigenvalue weighted by Crippen LogP contribution is 2.18. The smallest absolute Gasteiger partial charge is 0.267 e. The minimum atomic E-state index is -0.336. The van der Waals surface area contributed by atoms with Crippen molar-refractivity contribution in [2.45, 2.75) is 58.4 Å². The first-order valence-electron chi connectivity index (χ1n) is 8.92. The van der Waals surface area contributed by atoms with E-state index >= 15 is 0 Å². The van der Waals surface area contributed by atoms with Crippen molar-refractivity contribution in [3.05, 3.63) is 41.6 Å². The summed E-state index contributed by atoms with van der Waals surface area (Å²) in [5.74, 6) is -0.336. The number of benzene rings is 1. The zero-order valence-corrected chi connectivity index (χ0v) is 14.7. The quantitative estimate of drug-likeness (QED) is 0.628. The van der Waals surface area contributed by atoms with Crippen LogP contribution in [0.5, 0.6) is 0 Å². The van der Waals surface area contributed by atoms with Gasteiger partial charge in [-0.3, -0.25) is 4.79 Å². The molecule has 1 amide bonds. The summed E-state index contributed by atoms with van der Waals surface area (Å²) in [4.78, 5) is 14.5. The van der Waals surface area contributed by atoms with Crippen molar-refractivity contribution >= 4 is 11.6 Å². The Morgan fingerprint density at radius 2 is 2.12 bits per heavy atom. The highest BCUT2D eigenvalue weighted by molar-refractivity contribution is 6.06. The molecule has 0 bridgehead atoms. The summed E-state index contributed by atoms with van der Waals surface area (Å²) in [6, 6.07) is 10.3. The third-order valence-electron chi connectivity index (χ3n) is 4.55. The number of carbonyl (C=O) groups excluding carboxylic acids is 1. The number of rotatable bonds is 6. The van der Waals surface area contributed by atoms with Crippen LogP contribution in [0.25, 0.3) is 0 Å². The maximum Gasteiger partial charge on any atom is 0.267 e. The second-order valence-corrected chi connectivity index (χ2v) is 6.49. The van der Waals surface area contributed by atoms with Crippen LogP contribution in [-0.4, -0.2) is 23.4 Å². The largest absolute Gasteiger partial charge is 0.373 e. The molecule has 4 nitrogen and oxygen atoms in total. The van der Waals surface area contributed by atoms with Crippen LogP contribution < -0.4 is 5.32 Å². The molecular weight excluding hydrogens is 298 g/mol. The molecule has 0 aromatic heterocycles. The SMILES string of the molecule is CCCCc1ccc(NC(=O)/C(C#N)=C\N2CCCCC2C)cc1. The van der Waals surface area contributed by atoms with Crippen molar-refractivity contribution in [1.82, 2.24) is 4.90 Å². The predicted octanol–water partition coefficient (Wildman–Crippen LogP) is 4.25. The van der Waals surface area contributed by atoms with E-state index in [4.69, 9.17) is 0 Å². The molecule has 0 aliphatic carbocycles. The number of amides is 1. The van der Waals surface area contributed by atoms with Crippen molar-refractivity contribution in [3.63, 3.8) is 0 Å². The van der Waals surface area contributed by atoms with Crippen LogP contribution in [0.1, 0.15) is 51.5 Å². The summed E-state index contributed by atoms with van der Waals surface area (Å²) >= 11 is 0. The summed E-state index contributed by atoms with van der Waals surface area (Å²) < 4.78 is 0. The van der Waals surface area contributed by atoms with Crippen molar-refractivity contribution in [2.24, 2.45) is 0 Å². The Kier molecular flexibility index (Phi) is 6.87. The minimum Gasteiger partial charge on any atom is -0.373 e. The van der Waals surface area contributed by atoms with Crippen LogP contribution in [0.15, 0.2) is 36.0 Å². The zero-order chi connectivity index (χ0) is 17.4. The maximum atomic E-state index is 12.4. The molecule has 1 N–H and O–H groups in total. The van der Waals surface area contributed by atoms with Gasteiger partial charge in [0.1, 0.15) is 11.6 Å². The van der Waals surface area contributed by atoms with Gasteiger partial charge in [0.25, 0.3) is 5.91 Å². The average Bonchev–Trinajstić information content (AvgIpc) is 2.60. The molecule has 24 heavy (non-hydrogen) atoms. The molecule has 1 heterocycles. The Balaban J connectivity index is 2.00. The normalized spacial score (nSPS) is 18.1. The van der Waals surface area contributed by atoms with E-state index in [2.05, 4.69) is 24.1 Å². The van der Waals surface area contributed by atoms with Crippen LogP contribution in [-0.2, 0) is 11.2 Å². The van der Waals surface area contributed by atoms with Gasteiger partial charge < -0.3 is 10.2 Å². The van der Waals surface area contributed by atoms with E-state index in [1.54, 1.807) is 6.20 Å². The Hall–Kier alpha value is -2.28. The van der Waals surface area contributed by atoms with Gasteiger partial charge in [-0.1, -0.05) is 25.5 Å². The van der Waals surface area contributed by atoms with Crippen molar-refractivity contribution in [3.8, 4) is 6.07 Å². The molecule has 1 aliphatic rings. The molecule has 0 radical (unpaired) electrons.